The fourth-order valence-corrected chi connectivity index (χ4v) is 4.25. The standard InChI is InChI=1S/C12H15BrFNO2S/c13-10-4-3-9(12(14)6-10)7-15-8-11-2-1-5-18(11,16)17/h3-4,6,11,15H,1-2,5,7-8H2. The van der Waals surface area contributed by atoms with Gasteiger partial charge in [0.25, 0.3) is 0 Å². The molecule has 1 aromatic carbocycles. The lowest BCUT2D eigenvalue weighted by molar-refractivity contribution is 0.562. The quantitative estimate of drug-likeness (QED) is 0.917. The van der Waals surface area contributed by atoms with Gasteiger partial charge in [0, 0.05) is 23.1 Å². The molecule has 18 heavy (non-hydrogen) atoms. The minimum absolute atomic E-state index is 0.284. The molecule has 100 valence electrons. The molecule has 1 aliphatic rings. The van der Waals surface area contributed by atoms with Gasteiger partial charge in [0.15, 0.2) is 9.84 Å². The molecule has 1 saturated heterocycles. The predicted octanol–water partition coefficient (Wildman–Crippen LogP) is 2.25. The number of rotatable bonds is 4. The molecule has 1 N–H and O–H groups in total. The lowest BCUT2D eigenvalue weighted by atomic mass is 10.2. The third kappa shape index (κ3) is 3.30. The Balaban J connectivity index is 1.89. The van der Waals surface area contributed by atoms with Crippen molar-refractivity contribution in [3.8, 4) is 0 Å². The van der Waals surface area contributed by atoms with Crippen LogP contribution in [-0.4, -0.2) is 26.0 Å². The van der Waals surface area contributed by atoms with Gasteiger partial charge in [0.2, 0.25) is 0 Å². The van der Waals surface area contributed by atoms with Gasteiger partial charge in [-0.2, -0.15) is 0 Å². The second-order valence-corrected chi connectivity index (χ2v) is 7.81. The van der Waals surface area contributed by atoms with Crippen LogP contribution in [0.15, 0.2) is 22.7 Å². The van der Waals surface area contributed by atoms with Crippen LogP contribution in [-0.2, 0) is 16.4 Å². The highest BCUT2D eigenvalue weighted by Crippen LogP contribution is 2.19. The second-order valence-electron chi connectivity index (χ2n) is 4.50. The Labute approximate surface area is 115 Å². The average molecular weight is 336 g/mol. The van der Waals surface area contributed by atoms with Crippen LogP contribution in [0, 0.1) is 5.82 Å². The second kappa shape index (κ2) is 5.67. The zero-order valence-corrected chi connectivity index (χ0v) is 12.2. The molecule has 1 aromatic rings. The molecule has 0 bridgehead atoms. The van der Waals surface area contributed by atoms with Crippen molar-refractivity contribution in [3.05, 3.63) is 34.1 Å². The van der Waals surface area contributed by atoms with Crippen LogP contribution in [0.1, 0.15) is 18.4 Å². The lowest BCUT2D eigenvalue weighted by Gasteiger charge is -2.11. The van der Waals surface area contributed by atoms with Gasteiger partial charge in [-0.3, -0.25) is 0 Å². The third-order valence-corrected chi connectivity index (χ3v) is 5.93. The van der Waals surface area contributed by atoms with Crippen LogP contribution in [0.5, 0.6) is 0 Å². The normalized spacial score (nSPS) is 22.2. The van der Waals surface area contributed by atoms with Crippen molar-refractivity contribution in [2.24, 2.45) is 0 Å². The minimum Gasteiger partial charge on any atom is -0.311 e. The van der Waals surface area contributed by atoms with E-state index >= 15 is 0 Å². The summed E-state index contributed by atoms with van der Waals surface area (Å²) < 4.78 is 37.4. The Morgan fingerprint density at radius 2 is 2.22 bits per heavy atom. The van der Waals surface area contributed by atoms with Crippen molar-refractivity contribution in [3.63, 3.8) is 0 Å². The number of hydrogen-bond acceptors (Lipinski definition) is 3. The predicted molar refractivity (Wildman–Crippen MR) is 72.6 cm³/mol. The van der Waals surface area contributed by atoms with E-state index in [4.69, 9.17) is 0 Å². The Morgan fingerprint density at radius 1 is 1.44 bits per heavy atom. The van der Waals surface area contributed by atoms with Gasteiger partial charge in [0.1, 0.15) is 5.82 Å². The average Bonchev–Trinajstić information content (AvgIpc) is 2.61. The molecule has 0 saturated carbocycles. The molecule has 2 rings (SSSR count). The molecule has 1 fully saturated rings. The molecule has 1 unspecified atom stereocenters. The molecule has 0 amide bonds. The highest BCUT2D eigenvalue weighted by Gasteiger charge is 2.30. The first-order valence-electron chi connectivity index (χ1n) is 5.85. The number of nitrogens with one attached hydrogen (secondary N) is 1. The first-order chi connectivity index (χ1) is 8.49. The fraction of sp³-hybridized carbons (Fsp3) is 0.500. The van der Waals surface area contributed by atoms with Gasteiger partial charge in [-0.1, -0.05) is 22.0 Å². The molecule has 3 nitrogen and oxygen atoms in total. The molecule has 1 atom stereocenters. The summed E-state index contributed by atoms with van der Waals surface area (Å²) in [6, 6.07) is 4.87. The van der Waals surface area contributed by atoms with E-state index in [0.29, 0.717) is 29.5 Å². The number of benzene rings is 1. The molecule has 0 aliphatic carbocycles. The van der Waals surface area contributed by atoms with E-state index < -0.39 is 9.84 Å². The molecule has 0 radical (unpaired) electrons. The highest BCUT2D eigenvalue weighted by molar-refractivity contribution is 9.10. The summed E-state index contributed by atoms with van der Waals surface area (Å²) in [5, 5.41) is 2.72. The number of halogens is 2. The number of hydrogen-bond donors (Lipinski definition) is 1. The Bertz CT molecular complexity index is 533. The van der Waals surface area contributed by atoms with Gasteiger partial charge in [-0.15, -0.1) is 0 Å². The van der Waals surface area contributed by atoms with Crippen molar-refractivity contribution in [2.75, 3.05) is 12.3 Å². The van der Waals surface area contributed by atoms with Gasteiger partial charge in [0.05, 0.1) is 11.0 Å². The van der Waals surface area contributed by atoms with Gasteiger partial charge in [-0.25, -0.2) is 12.8 Å². The fourth-order valence-electron chi connectivity index (χ4n) is 2.12. The molecular formula is C12H15BrFNO2S. The topological polar surface area (TPSA) is 46.2 Å². The first-order valence-corrected chi connectivity index (χ1v) is 8.36. The molecule has 6 heteroatoms. The Morgan fingerprint density at radius 3 is 2.83 bits per heavy atom. The summed E-state index contributed by atoms with van der Waals surface area (Å²) in [4.78, 5) is 0. The molecule has 0 spiro atoms. The van der Waals surface area contributed by atoms with Crippen LogP contribution in [0.3, 0.4) is 0 Å². The molecule has 1 heterocycles. The van der Waals surface area contributed by atoms with Crippen LogP contribution < -0.4 is 5.32 Å². The maximum absolute atomic E-state index is 13.5. The van der Waals surface area contributed by atoms with Crippen molar-refractivity contribution >= 4 is 25.8 Å². The van der Waals surface area contributed by atoms with Crippen molar-refractivity contribution < 1.29 is 12.8 Å². The van der Waals surface area contributed by atoms with E-state index in [1.807, 2.05) is 0 Å². The summed E-state index contributed by atoms with van der Waals surface area (Å²) >= 11 is 3.19. The van der Waals surface area contributed by atoms with Crippen molar-refractivity contribution in [2.45, 2.75) is 24.6 Å². The van der Waals surface area contributed by atoms with E-state index in [1.165, 1.54) is 6.07 Å². The summed E-state index contributed by atoms with van der Waals surface area (Å²) in [5.74, 6) is -0.00225. The maximum Gasteiger partial charge on any atom is 0.154 e. The number of sulfone groups is 1. The zero-order valence-electron chi connectivity index (χ0n) is 9.83. The van der Waals surface area contributed by atoms with E-state index in [1.54, 1.807) is 12.1 Å². The van der Waals surface area contributed by atoms with E-state index in [-0.39, 0.29) is 16.8 Å². The molecule has 0 aromatic heterocycles. The zero-order chi connectivity index (χ0) is 13.2. The van der Waals surface area contributed by atoms with E-state index in [2.05, 4.69) is 21.2 Å². The molecule has 1 aliphatic heterocycles. The smallest absolute Gasteiger partial charge is 0.154 e. The van der Waals surface area contributed by atoms with Crippen LogP contribution >= 0.6 is 15.9 Å². The van der Waals surface area contributed by atoms with Crippen LogP contribution in [0.25, 0.3) is 0 Å². The van der Waals surface area contributed by atoms with Crippen molar-refractivity contribution in [1.29, 1.82) is 0 Å². The lowest BCUT2D eigenvalue weighted by Crippen LogP contribution is -2.30. The van der Waals surface area contributed by atoms with Gasteiger partial charge < -0.3 is 5.32 Å². The Hall–Kier alpha value is -0.460. The minimum atomic E-state index is -2.92. The van der Waals surface area contributed by atoms with E-state index in [9.17, 15) is 12.8 Å². The summed E-state index contributed by atoms with van der Waals surface area (Å²) in [6.45, 7) is 0.753. The molecular weight excluding hydrogens is 321 g/mol. The third-order valence-electron chi connectivity index (χ3n) is 3.17. The maximum atomic E-state index is 13.5. The van der Waals surface area contributed by atoms with E-state index in [0.717, 1.165) is 6.42 Å². The Kier molecular flexibility index (Phi) is 4.40. The summed E-state index contributed by atoms with van der Waals surface area (Å²) in [7, 11) is -2.92. The highest BCUT2D eigenvalue weighted by atomic mass is 79.9. The van der Waals surface area contributed by atoms with Gasteiger partial charge in [-0.05, 0) is 25.0 Å². The summed E-state index contributed by atoms with van der Waals surface area (Å²) in [5.41, 5.74) is 0.550. The van der Waals surface area contributed by atoms with Crippen molar-refractivity contribution in [1.82, 2.24) is 5.32 Å². The first kappa shape index (κ1) is 14.0. The van der Waals surface area contributed by atoms with Crippen LogP contribution in [0.2, 0.25) is 0 Å². The van der Waals surface area contributed by atoms with Crippen LogP contribution in [0.4, 0.5) is 4.39 Å². The SMILES string of the molecule is O=S1(=O)CCCC1CNCc1ccc(Br)cc1F. The monoisotopic (exact) mass is 335 g/mol. The largest absolute Gasteiger partial charge is 0.311 e. The summed E-state index contributed by atoms with van der Waals surface area (Å²) in [6.07, 6.45) is 1.44. The van der Waals surface area contributed by atoms with Gasteiger partial charge >= 0.3 is 0 Å².